The van der Waals surface area contributed by atoms with E-state index in [1.807, 2.05) is 0 Å². The number of hydrogen-bond acceptors (Lipinski definition) is 5. The standard InChI is InChI=1S/C17H34N4O2S.HI/c1-4-18-16(20-12-17(22)5-8-24-13-17)19-9-15-11-21(6-7-23-15)10-14(2)3;/h14-15,22H,4-13H2,1-3H3,(H2,18,19,20);1H. The van der Waals surface area contributed by atoms with E-state index in [4.69, 9.17) is 4.74 Å². The fourth-order valence-electron chi connectivity index (χ4n) is 3.09. The fraction of sp³-hybridized carbons (Fsp3) is 0.941. The normalized spacial score (nSPS) is 28.0. The molecular weight excluding hydrogens is 451 g/mol. The summed E-state index contributed by atoms with van der Waals surface area (Å²) in [6.07, 6.45) is 1.02. The highest BCUT2D eigenvalue weighted by molar-refractivity contribution is 14.0. The number of ether oxygens (including phenoxy) is 1. The van der Waals surface area contributed by atoms with Crippen LogP contribution in [-0.2, 0) is 4.74 Å². The van der Waals surface area contributed by atoms with Crippen LogP contribution in [0, 0.1) is 5.92 Å². The van der Waals surface area contributed by atoms with Crippen LogP contribution >= 0.6 is 35.7 Å². The van der Waals surface area contributed by atoms with Gasteiger partial charge in [0.1, 0.15) is 0 Å². The zero-order valence-electron chi connectivity index (χ0n) is 15.8. The summed E-state index contributed by atoms with van der Waals surface area (Å²) in [4.78, 5) is 7.06. The van der Waals surface area contributed by atoms with E-state index in [1.54, 1.807) is 11.8 Å². The molecule has 0 aliphatic carbocycles. The minimum absolute atomic E-state index is 0. The van der Waals surface area contributed by atoms with Gasteiger partial charge in [-0.25, -0.2) is 0 Å². The lowest BCUT2D eigenvalue weighted by atomic mass is 10.1. The fourth-order valence-corrected chi connectivity index (χ4v) is 4.37. The summed E-state index contributed by atoms with van der Waals surface area (Å²) in [5.41, 5.74) is -0.636. The molecule has 0 spiro atoms. The second kappa shape index (κ2) is 11.8. The molecule has 0 amide bonds. The molecule has 2 fully saturated rings. The third-order valence-electron chi connectivity index (χ3n) is 4.30. The third kappa shape index (κ3) is 8.64. The molecule has 0 aromatic carbocycles. The van der Waals surface area contributed by atoms with E-state index >= 15 is 0 Å². The number of rotatable bonds is 7. The van der Waals surface area contributed by atoms with E-state index < -0.39 is 5.60 Å². The van der Waals surface area contributed by atoms with Crippen molar-refractivity contribution in [2.24, 2.45) is 10.9 Å². The van der Waals surface area contributed by atoms with Gasteiger partial charge in [-0.05, 0) is 25.0 Å². The quantitative estimate of drug-likeness (QED) is 0.287. The number of hydrogen-bond donors (Lipinski definition) is 3. The van der Waals surface area contributed by atoms with Crippen LogP contribution in [0.3, 0.4) is 0 Å². The Hall–Kier alpha value is 0.230. The third-order valence-corrected chi connectivity index (χ3v) is 5.54. The van der Waals surface area contributed by atoms with Crippen molar-refractivity contribution in [3.05, 3.63) is 0 Å². The molecule has 2 heterocycles. The molecule has 25 heavy (non-hydrogen) atoms. The summed E-state index contributed by atoms with van der Waals surface area (Å²) < 4.78 is 5.88. The minimum Gasteiger partial charge on any atom is -0.387 e. The molecule has 8 heteroatoms. The minimum atomic E-state index is -0.636. The van der Waals surface area contributed by atoms with Crippen molar-refractivity contribution >= 4 is 41.7 Å². The van der Waals surface area contributed by atoms with Gasteiger partial charge in [-0.2, -0.15) is 11.8 Å². The van der Waals surface area contributed by atoms with Gasteiger partial charge in [0.05, 0.1) is 24.9 Å². The number of morpholine rings is 1. The Morgan fingerprint density at radius 3 is 2.88 bits per heavy atom. The zero-order valence-corrected chi connectivity index (χ0v) is 18.9. The van der Waals surface area contributed by atoms with Gasteiger partial charge in [-0.3, -0.25) is 9.89 Å². The molecule has 0 aromatic rings. The summed E-state index contributed by atoms with van der Waals surface area (Å²) >= 11 is 1.80. The second-order valence-electron chi connectivity index (χ2n) is 7.25. The number of nitrogens with zero attached hydrogens (tertiary/aromatic N) is 2. The molecule has 2 aliphatic heterocycles. The monoisotopic (exact) mass is 486 g/mol. The summed E-state index contributed by atoms with van der Waals surface area (Å²) in [5, 5.41) is 17.1. The Balaban J connectivity index is 0.00000312. The summed E-state index contributed by atoms with van der Waals surface area (Å²) in [5.74, 6) is 3.26. The number of guanidine groups is 1. The maximum absolute atomic E-state index is 10.4. The van der Waals surface area contributed by atoms with Crippen LogP contribution < -0.4 is 10.6 Å². The Bertz CT molecular complexity index is 406. The Morgan fingerprint density at radius 2 is 2.24 bits per heavy atom. The van der Waals surface area contributed by atoms with Gasteiger partial charge in [-0.1, -0.05) is 13.8 Å². The van der Waals surface area contributed by atoms with Gasteiger partial charge in [0.2, 0.25) is 0 Å². The molecule has 2 unspecified atom stereocenters. The van der Waals surface area contributed by atoms with Gasteiger partial charge in [-0.15, -0.1) is 24.0 Å². The highest BCUT2D eigenvalue weighted by atomic mass is 127. The highest BCUT2D eigenvalue weighted by Gasteiger charge is 2.31. The molecule has 148 valence electrons. The first-order valence-corrected chi connectivity index (χ1v) is 10.3. The van der Waals surface area contributed by atoms with Crippen LogP contribution in [0.5, 0.6) is 0 Å². The van der Waals surface area contributed by atoms with Crippen LogP contribution in [0.1, 0.15) is 27.2 Å². The van der Waals surface area contributed by atoms with Gasteiger partial charge in [0, 0.05) is 38.5 Å². The van der Waals surface area contributed by atoms with E-state index in [0.29, 0.717) is 12.5 Å². The van der Waals surface area contributed by atoms with Crippen LogP contribution in [-0.4, -0.2) is 85.1 Å². The molecule has 2 atom stereocenters. The average molecular weight is 486 g/mol. The average Bonchev–Trinajstić information content (AvgIpc) is 2.97. The van der Waals surface area contributed by atoms with Crippen molar-refractivity contribution in [3.63, 3.8) is 0 Å². The summed E-state index contributed by atoms with van der Waals surface area (Å²) in [6.45, 7) is 12.5. The van der Waals surface area contributed by atoms with Crippen molar-refractivity contribution in [3.8, 4) is 0 Å². The van der Waals surface area contributed by atoms with Crippen LogP contribution in [0.25, 0.3) is 0 Å². The van der Waals surface area contributed by atoms with E-state index in [-0.39, 0.29) is 30.1 Å². The lowest BCUT2D eigenvalue weighted by molar-refractivity contribution is -0.0284. The topological polar surface area (TPSA) is 69.1 Å². The van der Waals surface area contributed by atoms with Crippen LogP contribution in [0.15, 0.2) is 4.99 Å². The number of aliphatic hydroxyl groups is 1. The first-order chi connectivity index (χ1) is 11.5. The predicted octanol–water partition coefficient (Wildman–Crippen LogP) is 1.38. The first-order valence-electron chi connectivity index (χ1n) is 9.17. The van der Waals surface area contributed by atoms with Crippen molar-refractivity contribution in [1.29, 1.82) is 0 Å². The van der Waals surface area contributed by atoms with Crippen molar-refractivity contribution in [2.45, 2.75) is 38.9 Å². The highest BCUT2D eigenvalue weighted by Crippen LogP contribution is 2.27. The molecule has 0 bridgehead atoms. The SMILES string of the molecule is CCNC(=NCC1(O)CCSC1)NCC1CN(CC(C)C)CCO1.I. The Morgan fingerprint density at radius 1 is 1.44 bits per heavy atom. The molecule has 2 rings (SSSR count). The van der Waals surface area contributed by atoms with Crippen molar-refractivity contribution < 1.29 is 9.84 Å². The molecule has 6 nitrogen and oxygen atoms in total. The number of thioether (sulfide) groups is 1. The number of nitrogens with one attached hydrogen (secondary N) is 2. The molecule has 2 saturated heterocycles. The summed E-state index contributed by atoms with van der Waals surface area (Å²) in [6, 6.07) is 0. The molecule has 0 aromatic heterocycles. The van der Waals surface area contributed by atoms with Gasteiger partial charge in [0.25, 0.3) is 0 Å². The van der Waals surface area contributed by atoms with Crippen LogP contribution in [0.2, 0.25) is 0 Å². The summed E-state index contributed by atoms with van der Waals surface area (Å²) in [7, 11) is 0. The number of aliphatic imine (C=N–C) groups is 1. The van der Waals surface area contributed by atoms with Crippen LogP contribution in [0.4, 0.5) is 0 Å². The smallest absolute Gasteiger partial charge is 0.191 e. The maximum Gasteiger partial charge on any atom is 0.191 e. The first kappa shape index (κ1) is 23.3. The molecule has 0 saturated carbocycles. The zero-order chi connectivity index (χ0) is 17.4. The lowest BCUT2D eigenvalue weighted by Gasteiger charge is -2.34. The Kier molecular flexibility index (Phi) is 11.0. The molecule has 0 radical (unpaired) electrons. The van der Waals surface area contributed by atoms with Gasteiger partial charge >= 0.3 is 0 Å². The molecule has 2 aliphatic rings. The molecular formula is C17H35IN4O2S. The van der Waals surface area contributed by atoms with E-state index in [2.05, 4.69) is 41.3 Å². The second-order valence-corrected chi connectivity index (χ2v) is 8.35. The van der Waals surface area contributed by atoms with Gasteiger partial charge < -0.3 is 20.5 Å². The largest absolute Gasteiger partial charge is 0.387 e. The van der Waals surface area contributed by atoms with E-state index in [0.717, 1.165) is 63.2 Å². The van der Waals surface area contributed by atoms with Gasteiger partial charge in [0.15, 0.2) is 5.96 Å². The Labute approximate surface area is 173 Å². The maximum atomic E-state index is 10.4. The lowest BCUT2D eigenvalue weighted by Crippen LogP contribution is -2.50. The number of halogens is 1. The van der Waals surface area contributed by atoms with Crippen molar-refractivity contribution in [1.82, 2.24) is 15.5 Å². The van der Waals surface area contributed by atoms with Crippen molar-refractivity contribution in [2.75, 3.05) is 57.4 Å². The van der Waals surface area contributed by atoms with E-state index in [1.165, 1.54) is 0 Å². The van der Waals surface area contributed by atoms with E-state index in [9.17, 15) is 5.11 Å². The molecule has 3 N–H and O–H groups in total. The predicted molar refractivity (Wildman–Crippen MR) is 117 cm³/mol.